The van der Waals surface area contributed by atoms with Crippen LogP contribution in [0.3, 0.4) is 0 Å². The highest BCUT2D eigenvalue weighted by Crippen LogP contribution is 2.30. The number of halogens is 4. The highest BCUT2D eigenvalue weighted by atomic mass is 35.5. The molecule has 1 aromatic rings. The first-order valence-corrected chi connectivity index (χ1v) is 6.48. The number of hydrogen-bond donors (Lipinski definition) is 2. The molecule has 1 atom stereocenters. The molecule has 1 unspecified atom stereocenters. The van der Waals surface area contributed by atoms with E-state index < -0.39 is 11.7 Å². The lowest BCUT2D eigenvalue weighted by Gasteiger charge is -2.13. The Hall–Kier alpha value is -1.27. The molecule has 0 saturated carbocycles. The van der Waals surface area contributed by atoms with Gasteiger partial charge in [0, 0.05) is 13.0 Å². The predicted octanol–water partition coefficient (Wildman–Crippen LogP) is 3.09. The zero-order chi connectivity index (χ0) is 15.2. The number of nitrogens with one attached hydrogen (secondary N) is 1. The zero-order valence-corrected chi connectivity index (χ0v) is 12.6. The summed E-state index contributed by atoms with van der Waals surface area (Å²) in [4.78, 5) is 11.6. The first-order chi connectivity index (χ1) is 9.34. The van der Waals surface area contributed by atoms with Crippen LogP contribution in [0.4, 0.5) is 13.2 Å². The molecule has 0 spiro atoms. The SMILES string of the molecule is CC(CC(=O)NCCCN)c1ccc(C(F)(F)F)cc1.Cl. The molecule has 0 radical (unpaired) electrons. The standard InChI is InChI=1S/C14H19F3N2O.ClH/c1-10(9-13(20)19-8-2-7-18)11-3-5-12(6-4-11)14(15,16)17;/h3-6,10H,2,7-9,18H2,1H3,(H,19,20);1H. The number of alkyl halides is 3. The maximum atomic E-state index is 12.4. The molecule has 0 fully saturated rings. The van der Waals surface area contributed by atoms with Crippen LogP contribution in [0.15, 0.2) is 24.3 Å². The van der Waals surface area contributed by atoms with Gasteiger partial charge in [-0.3, -0.25) is 4.79 Å². The number of benzene rings is 1. The lowest BCUT2D eigenvalue weighted by Crippen LogP contribution is -2.26. The summed E-state index contributed by atoms with van der Waals surface area (Å²) in [6.45, 7) is 2.84. The molecule has 1 aromatic carbocycles. The van der Waals surface area contributed by atoms with Gasteiger partial charge in [0.05, 0.1) is 5.56 Å². The third-order valence-corrected chi connectivity index (χ3v) is 3.00. The molecule has 1 rings (SSSR count). The molecule has 3 N–H and O–H groups in total. The van der Waals surface area contributed by atoms with Crippen LogP contribution in [0, 0.1) is 0 Å². The third-order valence-electron chi connectivity index (χ3n) is 3.00. The number of carbonyl (C=O) groups is 1. The van der Waals surface area contributed by atoms with Crippen molar-refractivity contribution in [2.45, 2.75) is 31.9 Å². The van der Waals surface area contributed by atoms with Gasteiger partial charge >= 0.3 is 6.18 Å². The van der Waals surface area contributed by atoms with Gasteiger partial charge < -0.3 is 11.1 Å². The van der Waals surface area contributed by atoms with Crippen LogP contribution in [0.25, 0.3) is 0 Å². The Balaban J connectivity index is 0.00000400. The Morgan fingerprint density at radius 2 is 1.86 bits per heavy atom. The van der Waals surface area contributed by atoms with Gasteiger partial charge in [0.2, 0.25) is 5.91 Å². The van der Waals surface area contributed by atoms with Gasteiger partial charge in [0.25, 0.3) is 0 Å². The van der Waals surface area contributed by atoms with E-state index in [1.165, 1.54) is 12.1 Å². The third kappa shape index (κ3) is 6.82. The first-order valence-electron chi connectivity index (χ1n) is 6.48. The van der Waals surface area contributed by atoms with Crippen LogP contribution in [-0.2, 0) is 11.0 Å². The van der Waals surface area contributed by atoms with Gasteiger partial charge in [0.1, 0.15) is 0 Å². The summed E-state index contributed by atoms with van der Waals surface area (Å²) >= 11 is 0. The number of amides is 1. The summed E-state index contributed by atoms with van der Waals surface area (Å²) < 4.78 is 37.3. The molecule has 0 saturated heterocycles. The zero-order valence-electron chi connectivity index (χ0n) is 11.7. The Bertz CT molecular complexity index is 435. The lowest BCUT2D eigenvalue weighted by molar-refractivity contribution is -0.137. The molecule has 1 amide bonds. The fourth-order valence-corrected chi connectivity index (χ4v) is 1.80. The monoisotopic (exact) mass is 324 g/mol. The van der Waals surface area contributed by atoms with Crippen LogP contribution >= 0.6 is 12.4 Å². The molecule has 0 aromatic heterocycles. The van der Waals surface area contributed by atoms with Crippen molar-refractivity contribution in [2.75, 3.05) is 13.1 Å². The molecule has 120 valence electrons. The quantitative estimate of drug-likeness (QED) is 0.790. The molecule has 0 aliphatic carbocycles. The first kappa shape index (κ1) is 19.7. The summed E-state index contributed by atoms with van der Waals surface area (Å²) in [7, 11) is 0. The molecular formula is C14H20ClF3N2O. The molecule has 7 heteroatoms. The van der Waals surface area contributed by atoms with E-state index in [-0.39, 0.29) is 30.7 Å². The van der Waals surface area contributed by atoms with Gasteiger partial charge in [-0.05, 0) is 36.6 Å². The maximum Gasteiger partial charge on any atom is 0.416 e. The lowest BCUT2D eigenvalue weighted by atomic mass is 9.96. The van der Waals surface area contributed by atoms with Gasteiger partial charge in [-0.25, -0.2) is 0 Å². The van der Waals surface area contributed by atoms with Crippen molar-refractivity contribution in [3.63, 3.8) is 0 Å². The second-order valence-electron chi connectivity index (χ2n) is 4.72. The van der Waals surface area contributed by atoms with Gasteiger partial charge in [-0.1, -0.05) is 19.1 Å². The van der Waals surface area contributed by atoms with Crippen LogP contribution in [0.5, 0.6) is 0 Å². The number of carbonyl (C=O) groups excluding carboxylic acids is 1. The summed E-state index contributed by atoms with van der Waals surface area (Å²) in [6.07, 6.45) is -3.38. The summed E-state index contributed by atoms with van der Waals surface area (Å²) in [5.41, 5.74) is 5.35. The van der Waals surface area contributed by atoms with Gasteiger partial charge in [-0.15, -0.1) is 12.4 Å². The van der Waals surface area contributed by atoms with Gasteiger partial charge in [0.15, 0.2) is 0 Å². The van der Waals surface area contributed by atoms with Crippen molar-refractivity contribution in [1.82, 2.24) is 5.32 Å². The average molecular weight is 325 g/mol. The minimum absolute atomic E-state index is 0. The van der Waals surface area contributed by atoms with Crippen molar-refractivity contribution < 1.29 is 18.0 Å². The van der Waals surface area contributed by atoms with Crippen molar-refractivity contribution in [2.24, 2.45) is 5.73 Å². The number of rotatable bonds is 6. The Morgan fingerprint density at radius 3 is 2.33 bits per heavy atom. The largest absolute Gasteiger partial charge is 0.416 e. The van der Waals surface area contributed by atoms with E-state index in [2.05, 4.69) is 5.32 Å². The maximum absolute atomic E-state index is 12.4. The summed E-state index contributed by atoms with van der Waals surface area (Å²) in [5.74, 6) is -0.249. The van der Waals surface area contributed by atoms with Crippen molar-refractivity contribution in [3.8, 4) is 0 Å². The summed E-state index contributed by atoms with van der Waals surface area (Å²) in [6, 6.07) is 4.91. The Labute approximate surface area is 128 Å². The van der Waals surface area contributed by atoms with E-state index in [9.17, 15) is 18.0 Å². The van der Waals surface area contributed by atoms with Crippen molar-refractivity contribution in [1.29, 1.82) is 0 Å². The van der Waals surface area contributed by atoms with Crippen LogP contribution in [-0.4, -0.2) is 19.0 Å². The second kappa shape index (κ2) is 8.89. The molecule has 3 nitrogen and oxygen atoms in total. The van der Waals surface area contributed by atoms with Gasteiger partial charge in [-0.2, -0.15) is 13.2 Å². The number of nitrogens with two attached hydrogens (primary N) is 1. The smallest absolute Gasteiger partial charge is 0.356 e. The highest BCUT2D eigenvalue weighted by molar-refractivity contribution is 5.85. The molecule has 0 bridgehead atoms. The summed E-state index contributed by atoms with van der Waals surface area (Å²) in [5, 5.41) is 2.72. The number of hydrogen-bond acceptors (Lipinski definition) is 2. The molecule has 0 heterocycles. The predicted molar refractivity (Wildman–Crippen MR) is 78.4 cm³/mol. The molecular weight excluding hydrogens is 305 g/mol. The Kier molecular flexibility index (Phi) is 8.36. The van der Waals surface area contributed by atoms with E-state index >= 15 is 0 Å². The fraction of sp³-hybridized carbons (Fsp3) is 0.500. The van der Waals surface area contributed by atoms with Crippen LogP contribution in [0.1, 0.15) is 36.8 Å². The van der Waals surface area contributed by atoms with E-state index in [0.29, 0.717) is 25.1 Å². The molecule has 21 heavy (non-hydrogen) atoms. The minimum atomic E-state index is -4.33. The second-order valence-corrected chi connectivity index (χ2v) is 4.72. The molecule has 0 aliphatic heterocycles. The van der Waals surface area contributed by atoms with E-state index in [1.54, 1.807) is 0 Å². The van der Waals surface area contributed by atoms with Crippen LogP contribution in [0.2, 0.25) is 0 Å². The molecule has 0 aliphatic rings. The average Bonchev–Trinajstić information content (AvgIpc) is 2.38. The topological polar surface area (TPSA) is 55.1 Å². The van der Waals surface area contributed by atoms with Crippen LogP contribution < -0.4 is 11.1 Å². The van der Waals surface area contributed by atoms with E-state index in [4.69, 9.17) is 5.73 Å². The van der Waals surface area contributed by atoms with E-state index in [1.807, 2.05) is 6.92 Å². The van der Waals surface area contributed by atoms with Crippen molar-refractivity contribution in [3.05, 3.63) is 35.4 Å². The minimum Gasteiger partial charge on any atom is -0.356 e. The van der Waals surface area contributed by atoms with Crippen molar-refractivity contribution >= 4 is 18.3 Å². The normalized spacial score (nSPS) is 12.4. The highest BCUT2D eigenvalue weighted by Gasteiger charge is 2.30. The Morgan fingerprint density at radius 1 is 1.29 bits per heavy atom. The fourth-order valence-electron chi connectivity index (χ4n) is 1.80. The van der Waals surface area contributed by atoms with E-state index in [0.717, 1.165) is 12.1 Å².